The second kappa shape index (κ2) is 13.5. The Balaban J connectivity index is 1.31. The molecule has 1 saturated carbocycles. The van der Waals surface area contributed by atoms with E-state index < -0.39 is 6.36 Å². The summed E-state index contributed by atoms with van der Waals surface area (Å²) in [4.78, 5) is 12.2. The summed E-state index contributed by atoms with van der Waals surface area (Å²) in [6.07, 6.45) is 3.07. The fraction of sp³-hybridized carbons (Fsp3) is 0.400. The molecule has 4 N–H and O–H groups in total. The van der Waals surface area contributed by atoms with Crippen molar-refractivity contribution < 1.29 is 23.1 Å². The molecule has 1 aliphatic carbocycles. The minimum absolute atomic E-state index is 0.0521. The second-order valence-corrected chi connectivity index (χ2v) is 10.1. The van der Waals surface area contributed by atoms with Crippen LogP contribution in [0.15, 0.2) is 42.9 Å². The predicted octanol–water partition coefficient (Wildman–Crippen LogP) is 6.14. The summed E-state index contributed by atoms with van der Waals surface area (Å²) in [6.45, 7) is 0.961. The van der Waals surface area contributed by atoms with Crippen molar-refractivity contribution in [2.75, 3.05) is 22.4 Å². The van der Waals surface area contributed by atoms with Gasteiger partial charge in [0.15, 0.2) is 5.82 Å². The number of aromatic nitrogens is 3. The number of rotatable bonds is 11. The number of benzene rings is 1. The second-order valence-electron chi connectivity index (χ2n) is 9.27. The maximum absolute atomic E-state index is 12.7. The zero-order valence-corrected chi connectivity index (χ0v) is 22.6. The van der Waals surface area contributed by atoms with Crippen LogP contribution in [-0.4, -0.2) is 39.1 Å². The van der Waals surface area contributed by atoms with Crippen molar-refractivity contribution in [3.8, 4) is 5.75 Å². The van der Waals surface area contributed by atoms with Gasteiger partial charge in [-0.05, 0) is 37.7 Å². The number of hydrogen-bond acceptors (Lipinski definition) is 10. The minimum Gasteiger partial charge on any atom is -0.733 e. The Morgan fingerprint density at radius 1 is 1.02 bits per heavy atom. The lowest BCUT2D eigenvalue weighted by Gasteiger charge is -2.30. The SMILES string of the molecule is [O-]N(O)c1cnc(NCc2ccccc2OC(F)(F)F)nc1NCC1CCC(NCc2c(Cl)cncc2Cl)CC1. The lowest BCUT2D eigenvalue weighted by Crippen LogP contribution is -2.34. The first-order valence-electron chi connectivity index (χ1n) is 12.4. The van der Waals surface area contributed by atoms with E-state index in [-0.39, 0.29) is 46.5 Å². The first-order chi connectivity index (χ1) is 19.1. The van der Waals surface area contributed by atoms with Crippen LogP contribution in [0.3, 0.4) is 0 Å². The van der Waals surface area contributed by atoms with E-state index in [4.69, 9.17) is 23.2 Å². The number of para-hydroxylation sites is 1. The first-order valence-corrected chi connectivity index (χ1v) is 13.2. The van der Waals surface area contributed by atoms with Crippen LogP contribution in [0.4, 0.5) is 30.6 Å². The molecular weight excluding hydrogens is 574 g/mol. The summed E-state index contributed by atoms with van der Waals surface area (Å²) in [6, 6.07) is 5.97. The van der Waals surface area contributed by atoms with Crippen molar-refractivity contribution in [2.24, 2.45) is 5.92 Å². The largest absolute Gasteiger partial charge is 0.733 e. The summed E-state index contributed by atoms with van der Waals surface area (Å²) in [5.41, 5.74) is 0.853. The molecule has 0 unspecified atom stereocenters. The highest BCUT2D eigenvalue weighted by molar-refractivity contribution is 6.35. The Bertz CT molecular complexity index is 1260. The van der Waals surface area contributed by atoms with Crippen LogP contribution >= 0.6 is 23.2 Å². The third kappa shape index (κ3) is 8.45. The average molecular weight is 601 g/mol. The molecular formula is C25H27Cl2F3N7O3-. The van der Waals surface area contributed by atoms with Gasteiger partial charge in [-0.1, -0.05) is 41.4 Å². The van der Waals surface area contributed by atoms with Gasteiger partial charge >= 0.3 is 6.36 Å². The zero-order valence-electron chi connectivity index (χ0n) is 21.1. The topological polar surface area (TPSA) is 131 Å². The quantitative estimate of drug-likeness (QED) is 0.190. The summed E-state index contributed by atoms with van der Waals surface area (Å²) in [5.74, 6) is 0.0829. The number of hydrogen-bond donors (Lipinski definition) is 4. The number of anilines is 3. The van der Waals surface area contributed by atoms with Gasteiger partial charge in [-0.2, -0.15) is 4.98 Å². The Hall–Kier alpha value is -3.10. The van der Waals surface area contributed by atoms with Gasteiger partial charge < -0.3 is 31.1 Å². The van der Waals surface area contributed by atoms with Crippen molar-refractivity contribution in [1.29, 1.82) is 0 Å². The lowest BCUT2D eigenvalue weighted by atomic mass is 9.86. The molecule has 4 rings (SSSR count). The molecule has 2 aromatic heterocycles. The van der Waals surface area contributed by atoms with Gasteiger partial charge in [0.25, 0.3) is 0 Å². The van der Waals surface area contributed by atoms with Crippen molar-refractivity contribution in [2.45, 2.75) is 51.2 Å². The van der Waals surface area contributed by atoms with E-state index in [2.05, 4.69) is 35.6 Å². The summed E-state index contributed by atoms with van der Waals surface area (Å²) < 4.78 is 42.2. The third-order valence-electron chi connectivity index (χ3n) is 6.54. The van der Waals surface area contributed by atoms with Crippen LogP contribution in [0.5, 0.6) is 5.75 Å². The molecule has 15 heteroatoms. The Labute approximate surface area is 238 Å². The molecule has 1 aromatic carbocycles. The molecule has 0 saturated heterocycles. The van der Waals surface area contributed by atoms with Crippen molar-refractivity contribution in [3.05, 3.63) is 69.2 Å². The van der Waals surface area contributed by atoms with Crippen LogP contribution in [-0.2, 0) is 13.1 Å². The normalized spacial score (nSPS) is 17.4. The van der Waals surface area contributed by atoms with Gasteiger partial charge in [-0.15, -0.1) is 13.2 Å². The molecule has 0 radical (unpaired) electrons. The standard InChI is InChI=1S/C25H27Cl2F3N7O3/c26-19-12-31-13-20(27)18(19)11-32-17-7-5-15(6-8-17)9-33-23-21(37(38)39)14-35-24(36-23)34-10-16-3-1-2-4-22(16)40-25(28,29)30/h1-4,12-15,17,32,38H,5-11H2,(H2,33,34,35,36)/q-1. The molecule has 0 amide bonds. The molecule has 1 aliphatic rings. The van der Waals surface area contributed by atoms with Crippen molar-refractivity contribution >= 4 is 40.7 Å². The summed E-state index contributed by atoms with van der Waals surface area (Å²) >= 11 is 12.4. The molecule has 1 fully saturated rings. The monoisotopic (exact) mass is 600 g/mol. The third-order valence-corrected chi connectivity index (χ3v) is 7.19. The molecule has 40 heavy (non-hydrogen) atoms. The van der Waals surface area contributed by atoms with Gasteiger partial charge in [0.2, 0.25) is 5.95 Å². The highest BCUT2D eigenvalue weighted by Crippen LogP contribution is 2.30. The van der Waals surface area contributed by atoms with Gasteiger partial charge in [0.1, 0.15) is 11.4 Å². The van der Waals surface area contributed by atoms with E-state index in [9.17, 15) is 23.6 Å². The van der Waals surface area contributed by atoms with Crippen LogP contribution < -0.4 is 25.9 Å². The molecule has 2 heterocycles. The van der Waals surface area contributed by atoms with E-state index in [1.54, 1.807) is 18.5 Å². The van der Waals surface area contributed by atoms with E-state index in [1.165, 1.54) is 18.2 Å². The zero-order chi connectivity index (χ0) is 28.7. The number of halogens is 5. The Morgan fingerprint density at radius 3 is 2.40 bits per heavy atom. The van der Waals surface area contributed by atoms with Crippen molar-refractivity contribution in [1.82, 2.24) is 20.3 Å². The molecule has 10 nitrogen and oxygen atoms in total. The summed E-state index contributed by atoms with van der Waals surface area (Å²) in [7, 11) is 0. The van der Waals surface area contributed by atoms with Gasteiger partial charge in [-0.25, -0.2) is 4.98 Å². The van der Waals surface area contributed by atoms with Crippen LogP contribution in [0.25, 0.3) is 0 Å². The maximum Gasteiger partial charge on any atom is 0.573 e. The molecule has 0 aliphatic heterocycles. The fourth-order valence-electron chi connectivity index (χ4n) is 4.44. The lowest BCUT2D eigenvalue weighted by molar-refractivity contribution is -0.274. The number of alkyl halides is 3. The smallest absolute Gasteiger partial charge is 0.573 e. The van der Waals surface area contributed by atoms with Crippen molar-refractivity contribution in [3.63, 3.8) is 0 Å². The van der Waals surface area contributed by atoms with E-state index in [0.717, 1.165) is 37.4 Å². The fourth-order valence-corrected chi connectivity index (χ4v) is 4.94. The number of nitrogens with zero attached hydrogens (tertiary/aromatic N) is 4. The highest BCUT2D eigenvalue weighted by Gasteiger charge is 2.32. The van der Waals surface area contributed by atoms with Crippen LogP contribution in [0, 0.1) is 11.1 Å². The Kier molecular flexibility index (Phi) is 10.1. The van der Waals surface area contributed by atoms with Gasteiger partial charge in [0, 0.05) is 49.2 Å². The number of nitrogens with one attached hydrogen (secondary N) is 3. The molecule has 3 aromatic rings. The van der Waals surface area contributed by atoms with Gasteiger partial charge in [0.05, 0.1) is 16.2 Å². The Morgan fingerprint density at radius 2 is 1.73 bits per heavy atom. The molecule has 0 atom stereocenters. The molecule has 216 valence electrons. The van der Waals surface area contributed by atoms with E-state index in [0.29, 0.717) is 29.2 Å². The van der Waals surface area contributed by atoms with E-state index >= 15 is 0 Å². The highest BCUT2D eigenvalue weighted by atomic mass is 35.5. The predicted molar refractivity (Wildman–Crippen MR) is 145 cm³/mol. The van der Waals surface area contributed by atoms with Crippen LogP contribution in [0.1, 0.15) is 36.8 Å². The van der Waals surface area contributed by atoms with E-state index in [1.807, 2.05) is 0 Å². The molecule has 0 bridgehead atoms. The average Bonchev–Trinajstić information content (AvgIpc) is 2.91. The maximum atomic E-state index is 12.7. The first kappa shape index (κ1) is 29.9. The molecule has 0 spiro atoms. The number of pyridine rings is 1. The number of ether oxygens (including phenoxy) is 1. The minimum atomic E-state index is -4.83. The van der Waals surface area contributed by atoms with Crippen LogP contribution in [0.2, 0.25) is 10.0 Å². The van der Waals surface area contributed by atoms with Gasteiger partial charge in [-0.3, -0.25) is 10.2 Å². The summed E-state index contributed by atoms with van der Waals surface area (Å²) in [5, 5.41) is 31.3.